The second-order valence-corrected chi connectivity index (χ2v) is 7.93. The topological polar surface area (TPSA) is 77.7 Å². The third kappa shape index (κ3) is 3.56. The third-order valence-corrected chi connectivity index (χ3v) is 5.61. The van der Waals surface area contributed by atoms with E-state index in [9.17, 15) is 13.2 Å². The van der Waals surface area contributed by atoms with Crippen LogP contribution in [0.5, 0.6) is 0 Å². The molecule has 130 valence electrons. The van der Waals surface area contributed by atoms with Gasteiger partial charge < -0.3 is 9.14 Å². The van der Waals surface area contributed by atoms with Crippen molar-refractivity contribution >= 4 is 21.5 Å². The maximum absolute atomic E-state index is 12.3. The molecule has 3 rings (SSSR count). The van der Waals surface area contributed by atoms with Crippen LogP contribution in [0.4, 0.5) is 0 Å². The van der Waals surface area contributed by atoms with Crippen LogP contribution in [0.2, 0.25) is 0 Å². The average Bonchev–Trinajstić information content (AvgIpc) is 3.01. The van der Waals surface area contributed by atoms with E-state index in [1.807, 2.05) is 29.7 Å². The van der Waals surface area contributed by atoms with Crippen LogP contribution in [-0.2, 0) is 21.2 Å². The monoisotopic (exact) mass is 358 g/mol. The highest BCUT2D eigenvalue weighted by Crippen LogP contribution is 2.18. The van der Waals surface area contributed by atoms with Crippen molar-refractivity contribution in [2.75, 3.05) is 5.75 Å². The minimum atomic E-state index is -3.50. The van der Waals surface area contributed by atoms with E-state index in [0.29, 0.717) is 5.69 Å². The summed E-state index contributed by atoms with van der Waals surface area (Å²) in [5.74, 6) is -0.760. The van der Waals surface area contributed by atoms with Gasteiger partial charge >= 0.3 is 5.97 Å². The van der Waals surface area contributed by atoms with E-state index in [0.717, 1.165) is 11.2 Å². The summed E-state index contributed by atoms with van der Waals surface area (Å²) < 4.78 is 31.4. The molecular weight excluding hydrogens is 340 g/mol. The first-order valence-electron chi connectivity index (χ1n) is 7.84. The summed E-state index contributed by atoms with van der Waals surface area (Å²) in [6.07, 6.45) is 3.71. The molecule has 0 saturated carbocycles. The molecule has 0 aliphatic carbocycles. The zero-order chi connectivity index (χ0) is 18.0. The van der Waals surface area contributed by atoms with Gasteiger partial charge in [0.2, 0.25) is 0 Å². The van der Waals surface area contributed by atoms with Crippen molar-refractivity contribution in [1.29, 1.82) is 0 Å². The van der Waals surface area contributed by atoms with E-state index in [4.69, 9.17) is 4.74 Å². The van der Waals surface area contributed by atoms with Crippen molar-refractivity contribution in [1.82, 2.24) is 9.38 Å². The van der Waals surface area contributed by atoms with Gasteiger partial charge in [0.15, 0.2) is 9.84 Å². The van der Waals surface area contributed by atoms with Gasteiger partial charge in [0.05, 0.1) is 21.9 Å². The second-order valence-electron chi connectivity index (χ2n) is 5.68. The van der Waals surface area contributed by atoms with Crippen LogP contribution >= 0.6 is 0 Å². The number of imidazole rings is 1. The number of hydrogen-bond donors (Lipinski definition) is 0. The number of ether oxygens (including phenoxy) is 1. The Hall–Kier alpha value is -2.67. The summed E-state index contributed by atoms with van der Waals surface area (Å²) in [5.41, 5.74) is 2.48. The molecular formula is C18H18N2O4S. The van der Waals surface area contributed by atoms with E-state index in [2.05, 4.69) is 4.98 Å². The van der Waals surface area contributed by atoms with Crippen molar-refractivity contribution in [3.8, 4) is 0 Å². The number of esters is 1. The number of rotatable bonds is 5. The second kappa shape index (κ2) is 6.68. The Balaban J connectivity index is 1.81. The van der Waals surface area contributed by atoms with Crippen molar-refractivity contribution in [2.45, 2.75) is 25.3 Å². The smallest absolute Gasteiger partial charge is 0.339 e. The molecule has 7 heteroatoms. The molecule has 25 heavy (non-hydrogen) atoms. The average molecular weight is 358 g/mol. The molecule has 0 aliphatic heterocycles. The first kappa shape index (κ1) is 17.2. The quantitative estimate of drug-likeness (QED) is 0.656. The van der Waals surface area contributed by atoms with E-state index in [1.54, 1.807) is 18.3 Å². The molecule has 0 unspecified atom stereocenters. The van der Waals surface area contributed by atoms with Gasteiger partial charge in [-0.1, -0.05) is 25.1 Å². The Bertz CT molecular complexity index is 1040. The Morgan fingerprint density at radius 3 is 2.68 bits per heavy atom. The predicted octanol–water partition coefficient (Wildman–Crippen LogP) is 2.79. The Labute approximate surface area is 146 Å². The van der Waals surface area contributed by atoms with Crippen molar-refractivity contribution in [3.05, 3.63) is 65.6 Å². The molecule has 0 amide bonds. The molecule has 0 saturated heterocycles. The third-order valence-electron chi connectivity index (χ3n) is 3.82. The van der Waals surface area contributed by atoms with Crippen LogP contribution < -0.4 is 0 Å². The first-order valence-corrected chi connectivity index (χ1v) is 9.49. The van der Waals surface area contributed by atoms with Crippen LogP contribution in [-0.4, -0.2) is 29.5 Å². The summed E-state index contributed by atoms with van der Waals surface area (Å²) in [4.78, 5) is 16.7. The highest BCUT2D eigenvalue weighted by Gasteiger charge is 2.21. The number of hydrogen-bond acceptors (Lipinski definition) is 5. The fraction of sp³-hybridized carbons (Fsp3) is 0.222. The Morgan fingerprint density at radius 2 is 1.92 bits per heavy atom. The number of benzene rings is 1. The minimum absolute atomic E-state index is 0.00636. The minimum Gasteiger partial charge on any atom is -0.455 e. The lowest BCUT2D eigenvalue weighted by atomic mass is 10.2. The van der Waals surface area contributed by atoms with Gasteiger partial charge in [0, 0.05) is 12.4 Å². The maximum atomic E-state index is 12.3. The van der Waals surface area contributed by atoms with Crippen molar-refractivity contribution < 1.29 is 17.9 Å². The fourth-order valence-electron chi connectivity index (χ4n) is 2.50. The molecule has 0 bridgehead atoms. The zero-order valence-electron chi connectivity index (χ0n) is 14.0. The van der Waals surface area contributed by atoms with Gasteiger partial charge in [-0.05, 0) is 30.7 Å². The van der Waals surface area contributed by atoms with Gasteiger partial charge in [-0.15, -0.1) is 0 Å². The molecule has 2 aromatic heterocycles. The molecule has 6 nitrogen and oxygen atoms in total. The molecule has 0 aliphatic rings. The lowest BCUT2D eigenvalue weighted by molar-refractivity contribution is 0.0463. The molecule has 0 radical (unpaired) electrons. The first-order chi connectivity index (χ1) is 11.9. The number of aryl methyl sites for hydroxylation is 1. The summed E-state index contributed by atoms with van der Waals surface area (Å²) >= 11 is 0. The number of nitrogens with zero attached hydrogens (tertiary/aromatic N) is 2. The van der Waals surface area contributed by atoms with Crippen LogP contribution in [0, 0.1) is 6.92 Å². The van der Waals surface area contributed by atoms with Crippen molar-refractivity contribution in [2.24, 2.45) is 0 Å². The lowest BCUT2D eigenvalue weighted by Crippen LogP contribution is -2.13. The number of pyridine rings is 1. The van der Waals surface area contributed by atoms with Crippen LogP contribution in [0.25, 0.3) is 5.65 Å². The fourth-order valence-corrected chi connectivity index (χ4v) is 3.59. The van der Waals surface area contributed by atoms with E-state index < -0.39 is 15.8 Å². The molecule has 1 aromatic carbocycles. The predicted molar refractivity (Wildman–Crippen MR) is 93.2 cm³/mol. The molecule has 0 fully saturated rings. The van der Waals surface area contributed by atoms with Crippen LogP contribution in [0.3, 0.4) is 0 Å². The number of sulfone groups is 1. The maximum Gasteiger partial charge on any atom is 0.339 e. The van der Waals surface area contributed by atoms with Gasteiger partial charge in [-0.2, -0.15) is 0 Å². The van der Waals surface area contributed by atoms with Gasteiger partial charge in [-0.25, -0.2) is 18.2 Å². The number of aromatic nitrogens is 2. The summed E-state index contributed by atoms with van der Waals surface area (Å²) in [6, 6.07) is 9.90. The molecule has 3 aromatic rings. The van der Waals surface area contributed by atoms with Gasteiger partial charge in [0.1, 0.15) is 12.3 Å². The van der Waals surface area contributed by atoms with Crippen LogP contribution in [0.15, 0.2) is 53.7 Å². The number of fused-ring (bicyclic) bond motifs is 1. The summed E-state index contributed by atoms with van der Waals surface area (Å²) in [6.45, 7) is 3.49. The van der Waals surface area contributed by atoms with Crippen LogP contribution in [0.1, 0.15) is 28.5 Å². The highest BCUT2D eigenvalue weighted by molar-refractivity contribution is 7.91. The van der Waals surface area contributed by atoms with E-state index in [1.165, 1.54) is 19.1 Å². The van der Waals surface area contributed by atoms with Gasteiger partial charge in [-0.3, -0.25) is 0 Å². The largest absolute Gasteiger partial charge is 0.455 e. The summed E-state index contributed by atoms with van der Waals surface area (Å²) in [5, 5.41) is 0. The standard InChI is InChI=1S/C18H18N2O4S/c1-3-25(22,23)16-7-5-4-6-15(16)18(21)24-12-14-11-20-10-13(2)8-9-17(20)19-14/h4-11H,3,12H2,1-2H3. The number of carbonyl (C=O) groups excluding carboxylic acids is 1. The SMILES string of the molecule is CCS(=O)(=O)c1ccccc1C(=O)OCc1cn2cc(C)ccc2n1. The highest BCUT2D eigenvalue weighted by atomic mass is 32.2. The molecule has 0 N–H and O–H groups in total. The zero-order valence-corrected chi connectivity index (χ0v) is 14.8. The molecule has 0 atom stereocenters. The molecule has 2 heterocycles. The van der Waals surface area contributed by atoms with Crippen molar-refractivity contribution in [3.63, 3.8) is 0 Å². The number of carbonyl (C=O) groups is 1. The Morgan fingerprint density at radius 1 is 1.16 bits per heavy atom. The normalized spacial score (nSPS) is 11.6. The summed E-state index contributed by atoms with van der Waals surface area (Å²) in [7, 11) is -3.50. The van der Waals surface area contributed by atoms with Gasteiger partial charge in [0.25, 0.3) is 0 Å². The molecule has 0 spiro atoms. The van der Waals surface area contributed by atoms with E-state index in [-0.39, 0.29) is 22.8 Å². The lowest BCUT2D eigenvalue weighted by Gasteiger charge is -2.08. The Kier molecular flexibility index (Phi) is 4.59. The van der Waals surface area contributed by atoms with E-state index >= 15 is 0 Å².